The third-order valence-electron chi connectivity index (χ3n) is 4.44. The number of rotatable bonds is 9. The minimum absolute atomic E-state index is 0.0380. The summed E-state index contributed by atoms with van der Waals surface area (Å²) < 4.78 is 6.29. The molecule has 6 nitrogen and oxygen atoms in total. The fourth-order valence-electron chi connectivity index (χ4n) is 2.74. The number of esters is 1. The summed E-state index contributed by atoms with van der Waals surface area (Å²) in [6.45, 7) is 3.50. The summed E-state index contributed by atoms with van der Waals surface area (Å²) in [4.78, 5) is 26.1. The molecule has 134 valence electrons. The molecule has 0 radical (unpaired) electrons. The third-order valence-corrected chi connectivity index (χ3v) is 4.44. The minimum Gasteiger partial charge on any atom is -0.469 e. The van der Waals surface area contributed by atoms with Crippen molar-refractivity contribution < 1.29 is 9.53 Å². The Bertz CT molecular complexity index is 620. The van der Waals surface area contributed by atoms with Crippen LogP contribution in [0.4, 0.5) is 0 Å². The highest BCUT2D eigenvalue weighted by Gasteiger charge is 2.28. The van der Waals surface area contributed by atoms with E-state index >= 15 is 0 Å². The average molecular weight is 335 g/mol. The van der Waals surface area contributed by atoms with Crippen molar-refractivity contribution in [1.82, 2.24) is 14.7 Å². The van der Waals surface area contributed by atoms with E-state index in [0.29, 0.717) is 25.3 Å². The number of aromatic nitrogens is 2. The first kappa shape index (κ1) is 18.6. The molecule has 0 unspecified atom stereocenters. The Hall–Kier alpha value is -1.69. The van der Waals surface area contributed by atoms with Gasteiger partial charge in [-0.25, -0.2) is 4.68 Å². The molecule has 0 bridgehead atoms. The molecule has 0 aliphatic heterocycles. The molecule has 1 atom stereocenters. The van der Waals surface area contributed by atoms with Crippen molar-refractivity contribution in [3.8, 4) is 0 Å². The zero-order valence-corrected chi connectivity index (χ0v) is 15.2. The Labute approximate surface area is 143 Å². The Kier molecular flexibility index (Phi) is 6.54. The highest BCUT2D eigenvalue weighted by molar-refractivity contribution is 5.69. The number of methoxy groups -OCH3 is 1. The van der Waals surface area contributed by atoms with Crippen molar-refractivity contribution in [2.24, 2.45) is 5.92 Å². The van der Waals surface area contributed by atoms with Crippen molar-refractivity contribution in [1.29, 1.82) is 0 Å². The van der Waals surface area contributed by atoms with Crippen molar-refractivity contribution in [3.05, 3.63) is 27.7 Å². The molecule has 0 saturated heterocycles. The van der Waals surface area contributed by atoms with Crippen molar-refractivity contribution in [2.75, 3.05) is 27.7 Å². The number of carbonyl (C=O) groups excluding carboxylic acids is 1. The summed E-state index contributed by atoms with van der Waals surface area (Å²) in [5, 5.41) is 4.56. The highest BCUT2D eigenvalue weighted by atomic mass is 16.5. The Morgan fingerprint density at radius 1 is 1.46 bits per heavy atom. The van der Waals surface area contributed by atoms with Crippen LogP contribution in [-0.4, -0.2) is 48.4 Å². The van der Waals surface area contributed by atoms with E-state index in [-0.39, 0.29) is 17.4 Å². The van der Waals surface area contributed by atoms with E-state index in [1.165, 1.54) is 7.11 Å². The van der Waals surface area contributed by atoms with Gasteiger partial charge in [-0.15, -0.1) is 0 Å². The van der Waals surface area contributed by atoms with Gasteiger partial charge >= 0.3 is 5.97 Å². The van der Waals surface area contributed by atoms with Crippen LogP contribution in [0.3, 0.4) is 0 Å². The van der Waals surface area contributed by atoms with Crippen LogP contribution < -0.4 is 5.56 Å². The number of carbonyl (C=O) groups is 1. The lowest BCUT2D eigenvalue weighted by molar-refractivity contribution is -0.140. The molecule has 0 N–H and O–H groups in total. The summed E-state index contributed by atoms with van der Waals surface area (Å²) in [5.41, 5.74) is 1.93. The molecule has 1 saturated carbocycles. The van der Waals surface area contributed by atoms with Crippen molar-refractivity contribution in [3.63, 3.8) is 0 Å². The topological polar surface area (TPSA) is 64.4 Å². The zero-order valence-electron chi connectivity index (χ0n) is 15.2. The van der Waals surface area contributed by atoms with Crippen LogP contribution in [0.25, 0.3) is 0 Å². The standard InChI is InChI=1S/C18H29N3O3/c1-13(5-8-17(22)24-4)12-21-18(23)16(14-6-7-14)11-15(19-21)9-10-20(2)3/h11,13-14H,5-10,12H2,1-4H3/t13-/m0/s1. The molecule has 0 aromatic carbocycles. The predicted octanol–water partition coefficient (Wildman–Crippen LogP) is 1.81. The average Bonchev–Trinajstić information content (AvgIpc) is 3.37. The number of ether oxygens (including phenoxy) is 1. The molecule has 0 amide bonds. The quantitative estimate of drug-likeness (QED) is 0.644. The van der Waals surface area contributed by atoms with Crippen LogP contribution in [0.5, 0.6) is 0 Å². The summed E-state index contributed by atoms with van der Waals surface area (Å²) in [6.07, 6.45) is 4.11. The Morgan fingerprint density at radius 3 is 2.75 bits per heavy atom. The van der Waals surface area contributed by atoms with Crippen LogP contribution in [0.15, 0.2) is 10.9 Å². The smallest absolute Gasteiger partial charge is 0.305 e. The minimum atomic E-state index is -0.208. The monoisotopic (exact) mass is 335 g/mol. The van der Waals surface area contributed by atoms with Gasteiger partial charge in [-0.2, -0.15) is 5.10 Å². The molecule has 1 fully saturated rings. The summed E-state index contributed by atoms with van der Waals surface area (Å²) in [7, 11) is 5.47. The van der Waals surface area contributed by atoms with Gasteiger partial charge in [0, 0.05) is 31.5 Å². The second kappa shape index (κ2) is 8.42. The number of nitrogens with zero attached hydrogens (tertiary/aromatic N) is 3. The maximum atomic E-state index is 12.7. The molecule has 2 rings (SSSR count). The van der Waals surface area contributed by atoms with E-state index in [2.05, 4.69) is 14.7 Å². The Balaban J connectivity index is 2.11. The predicted molar refractivity (Wildman–Crippen MR) is 93.1 cm³/mol. The van der Waals surface area contributed by atoms with Crippen LogP contribution in [-0.2, 0) is 22.5 Å². The van der Waals surface area contributed by atoms with Gasteiger partial charge in [-0.05, 0) is 51.3 Å². The van der Waals surface area contributed by atoms with Crippen molar-refractivity contribution in [2.45, 2.75) is 51.5 Å². The van der Waals surface area contributed by atoms with Gasteiger partial charge in [0.1, 0.15) is 0 Å². The number of likely N-dealkylation sites (N-methyl/N-ethyl adjacent to an activating group) is 1. The second-order valence-electron chi connectivity index (χ2n) is 7.13. The van der Waals surface area contributed by atoms with E-state index in [4.69, 9.17) is 0 Å². The van der Waals surface area contributed by atoms with Crippen LogP contribution in [0, 0.1) is 5.92 Å². The van der Waals surface area contributed by atoms with Gasteiger partial charge in [-0.1, -0.05) is 6.92 Å². The van der Waals surface area contributed by atoms with Gasteiger partial charge in [0.25, 0.3) is 5.56 Å². The van der Waals surface area contributed by atoms with Crippen LogP contribution in [0.1, 0.15) is 49.8 Å². The first-order valence-electron chi connectivity index (χ1n) is 8.73. The molecule has 0 spiro atoms. The van der Waals surface area contributed by atoms with E-state index < -0.39 is 0 Å². The van der Waals surface area contributed by atoms with E-state index in [9.17, 15) is 9.59 Å². The SMILES string of the molecule is COC(=O)CC[C@H](C)Cn1nc(CCN(C)C)cc(C2CC2)c1=O. The third kappa shape index (κ3) is 5.44. The summed E-state index contributed by atoms with van der Waals surface area (Å²) in [6, 6.07) is 2.00. The first-order chi connectivity index (χ1) is 11.4. The molecule has 24 heavy (non-hydrogen) atoms. The summed E-state index contributed by atoms with van der Waals surface area (Å²) in [5.74, 6) is 0.404. The number of hydrogen-bond acceptors (Lipinski definition) is 5. The fourth-order valence-corrected chi connectivity index (χ4v) is 2.74. The van der Waals surface area contributed by atoms with Gasteiger partial charge in [0.15, 0.2) is 0 Å². The maximum Gasteiger partial charge on any atom is 0.305 e. The molecule has 6 heteroatoms. The second-order valence-corrected chi connectivity index (χ2v) is 7.13. The molecular formula is C18H29N3O3. The maximum absolute atomic E-state index is 12.7. The van der Waals surface area contributed by atoms with Gasteiger partial charge in [-0.3, -0.25) is 9.59 Å². The van der Waals surface area contributed by atoms with Gasteiger partial charge in [0.05, 0.1) is 12.8 Å². The normalized spacial score (nSPS) is 15.5. The first-order valence-corrected chi connectivity index (χ1v) is 8.73. The van der Waals surface area contributed by atoms with Crippen LogP contribution in [0.2, 0.25) is 0 Å². The molecule has 1 aromatic heterocycles. The molecule has 1 aromatic rings. The molecular weight excluding hydrogens is 306 g/mol. The molecule has 1 aliphatic rings. The van der Waals surface area contributed by atoms with E-state index in [1.54, 1.807) is 4.68 Å². The summed E-state index contributed by atoms with van der Waals surface area (Å²) >= 11 is 0. The fraction of sp³-hybridized carbons (Fsp3) is 0.722. The molecule has 1 aliphatic carbocycles. The lowest BCUT2D eigenvalue weighted by Gasteiger charge is -2.15. The largest absolute Gasteiger partial charge is 0.469 e. The van der Waals surface area contributed by atoms with E-state index in [1.807, 2.05) is 27.1 Å². The van der Waals surface area contributed by atoms with Crippen molar-refractivity contribution >= 4 is 5.97 Å². The zero-order chi connectivity index (χ0) is 17.7. The Morgan fingerprint density at radius 2 is 2.17 bits per heavy atom. The van der Waals surface area contributed by atoms with Crippen LogP contribution >= 0.6 is 0 Å². The van der Waals surface area contributed by atoms with Gasteiger partial charge < -0.3 is 9.64 Å². The molecule has 1 heterocycles. The van der Waals surface area contributed by atoms with E-state index in [0.717, 1.165) is 37.1 Å². The highest BCUT2D eigenvalue weighted by Crippen LogP contribution is 2.38. The van der Waals surface area contributed by atoms with Gasteiger partial charge in [0.2, 0.25) is 0 Å². The number of hydrogen-bond donors (Lipinski definition) is 0. The lowest BCUT2D eigenvalue weighted by atomic mass is 10.1. The lowest BCUT2D eigenvalue weighted by Crippen LogP contribution is -2.30.